The van der Waals surface area contributed by atoms with Crippen molar-refractivity contribution in [2.75, 3.05) is 26.4 Å². The van der Waals surface area contributed by atoms with Crippen molar-refractivity contribution in [2.45, 2.75) is 32.2 Å². The van der Waals surface area contributed by atoms with Gasteiger partial charge in [-0.1, -0.05) is 66.4 Å². The van der Waals surface area contributed by atoms with Crippen LogP contribution in [0, 0.1) is 5.92 Å². The molecule has 0 aliphatic carbocycles. The summed E-state index contributed by atoms with van der Waals surface area (Å²) in [6.45, 7) is 2.56. The SMILES string of the molecule is CC(=O)SC[C@@H](Cc1ccccc1)C(Cc1cccc(CCN(C)C)c1)NC(N)=O. The lowest BCUT2D eigenvalue weighted by Crippen LogP contribution is -2.46. The van der Waals surface area contributed by atoms with E-state index in [0.717, 1.165) is 24.9 Å². The van der Waals surface area contributed by atoms with Crippen LogP contribution >= 0.6 is 11.8 Å². The summed E-state index contributed by atoms with van der Waals surface area (Å²) in [5, 5.41) is 3.03. The molecule has 2 amide bonds. The standard InChI is InChI=1S/C24H33N3O2S/c1-18(28)30-17-22(15-19-8-5-4-6-9-19)23(26-24(25)29)16-21-11-7-10-20(14-21)12-13-27(2)3/h4-11,14,22-23H,12-13,15-17H2,1-3H3,(H3,25,26,29)/t22-,23?/m1/s1. The first-order chi connectivity index (χ1) is 14.3. The number of nitrogens with two attached hydrogens (primary N) is 1. The maximum Gasteiger partial charge on any atom is 0.312 e. The lowest BCUT2D eigenvalue weighted by Gasteiger charge is -2.28. The average molecular weight is 428 g/mol. The van der Waals surface area contributed by atoms with Crippen molar-refractivity contribution in [3.05, 3.63) is 71.3 Å². The van der Waals surface area contributed by atoms with E-state index in [-0.39, 0.29) is 17.1 Å². The Morgan fingerprint density at radius 3 is 2.30 bits per heavy atom. The Kier molecular flexibility index (Phi) is 9.91. The Bertz CT molecular complexity index is 811. The second kappa shape index (κ2) is 12.4. The molecule has 2 atom stereocenters. The van der Waals surface area contributed by atoms with Crippen LogP contribution < -0.4 is 11.1 Å². The number of urea groups is 1. The third-order valence-corrected chi connectivity index (χ3v) is 6.03. The van der Waals surface area contributed by atoms with Crippen LogP contribution in [0.1, 0.15) is 23.6 Å². The smallest absolute Gasteiger partial charge is 0.312 e. The molecule has 0 saturated carbocycles. The highest BCUT2D eigenvalue weighted by atomic mass is 32.2. The Hall–Kier alpha value is -2.31. The van der Waals surface area contributed by atoms with Crippen LogP contribution in [0.3, 0.4) is 0 Å². The number of hydrogen-bond acceptors (Lipinski definition) is 4. The molecule has 30 heavy (non-hydrogen) atoms. The number of nitrogens with zero attached hydrogens (tertiary/aromatic N) is 1. The molecular formula is C24H33N3O2S. The molecule has 0 aliphatic rings. The van der Waals surface area contributed by atoms with Gasteiger partial charge in [-0.3, -0.25) is 4.79 Å². The zero-order chi connectivity index (χ0) is 21.9. The van der Waals surface area contributed by atoms with Crippen LogP contribution in [-0.4, -0.2) is 48.5 Å². The molecule has 0 bridgehead atoms. The van der Waals surface area contributed by atoms with Crippen LogP contribution in [0.5, 0.6) is 0 Å². The number of carbonyl (C=O) groups excluding carboxylic acids is 2. The lowest BCUT2D eigenvalue weighted by atomic mass is 9.89. The molecule has 0 spiro atoms. The molecule has 162 valence electrons. The predicted octanol–water partition coefficient (Wildman–Crippen LogP) is 3.51. The number of nitrogens with one attached hydrogen (secondary N) is 1. The van der Waals surface area contributed by atoms with Crippen molar-refractivity contribution < 1.29 is 9.59 Å². The molecule has 0 aliphatic heterocycles. The lowest BCUT2D eigenvalue weighted by molar-refractivity contribution is -0.109. The topological polar surface area (TPSA) is 75.4 Å². The van der Waals surface area contributed by atoms with Gasteiger partial charge >= 0.3 is 6.03 Å². The fourth-order valence-electron chi connectivity index (χ4n) is 3.50. The van der Waals surface area contributed by atoms with Gasteiger partial charge in [-0.15, -0.1) is 0 Å². The van der Waals surface area contributed by atoms with E-state index in [1.54, 1.807) is 6.92 Å². The van der Waals surface area contributed by atoms with Gasteiger partial charge in [0.1, 0.15) is 0 Å². The minimum absolute atomic E-state index is 0.0802. The summed E-state index contributed by atoms with van der Waals surface area (Å²) in [5.41, 5.74) is 9.14. The van der Waals surface area contributed by atoms with Crippen LogP contribution in [0.25, 0.3) is 0 Å². The highest BCUT2D eigenvalue weighted by Crippen LogP contribution is 2.22. The third kappa shape index (κ3) is 9.01. The fourth-order valence-corrected chi connectivity index (χ4v) is 4.29. The van der Waals surface area contributed by atoms with Crippen molar-refractivity contribution >= 4 is 22.9 Å². The van der Waals surface area contributed by atoms with E-state index in [4.69, 9.17) is 5.73 Å². The van der Waals surface area contributed by atoms with Crippen LogP contribution in [-0.2, 0) is 24.1 Å². The van der Waals surface area contributed by atoms with E-state index >= 15 is 0 Å². The summed E-state index contributed by atoms with van der Waals surface area (Å²) < 4.78 is 0. The third-order valence-electron chi connectivity index (χ3n) is 5.03. The van der Waals surface area contributed by atoms with Gasteiger partial charge < -0.3 is 16.0 Å². The Morgan fingerprint density at radius 2 is 1.67 bits per heavy atom. The van der Waals surface area contributed by atoms with E-state index in [0.29, 0.717) is 12.2 Å². The van der Waals surface area contributed by atoms with E-state index in [9.17, 15) is 9.59 Å². The van der Waals surface area contributed by atoms with Gasteiger partial charge in [0.05, 0.1) is 0 Å². The Balaban J connectivity index is 2.21. The van der Waals surface area contributed by atoms with Gasteiger partial charge in [0.2, 0.25) is 0 Å². The summed E-state index contributed by atoms with van der Waals surface area (Å²) in [7, 11) is 4.13. The Morgan fingerprint density at radius 1 is 1.00 bits per heavy atom. The summed E-state index contributed by atoms with van der Waals surface area (Å²) >= 11 is 1.30. The van der Waals surface area contributed by atoms with Crippen LogP contribution in [0.15, 0.2) is 54.6 Å². The molecule has 0 fully saturated rings. The summed E-state index contributed by atoms with van der Waals surface area (Å²) in [4.78, 5) is 25.6. The molecule has 0 heterocycles. The highest BCUT2D eigenvalue weighted by Gasteiger charge is 2.24. The predicted molar refractivity (Wildman–Crippen MR) is 126 cm³/mol. The van der Waals surface area contributed by atoms with Gasteiger partial charge in [-0.25, -0.2) is 4.79 Å². The zero-order valence-electron chi connectivity index (χ0n) is 18.1. The van der Waals surface area contributed by atoms with Crippen molar-refractivity contribution in [3.63, 3.8) is 0 Å². The van der Waals surface area contributed by atoms with Crippen LogP contribution in [0.2, 0.25) is 0 Å². The first kappa shape index (κ1) is 24.0. The molecular weight excluding hydrogens is 394 g/mol. The van der Waals surface area contributed by atoms with Crippen LogP contribution in [0.4, 0.5) is 4.79 Å². The monoisotopic (exact) mass is 427 g/mol. The number of primary amides is 1. The fraction of sp³-hybridized carbons (Fsp3) is 0.417. The minimum atomic E-state index is -0.533. The van der Waals surface area contributed by atoms with Crippen molar-refractivity contribution in [1.82, 2.24) is 10.2 Å². The number of carbonyl (C=O) groups is 2. The summed E-state index contributed by atoms with van der Waals surface area (Å²) in [6.07, 6.45) is 2.42. The number of thioether (sulfide) groups is 1. The van der Waals surface area contributed by atoms with E-state index in [1.807, 2.05) is 18.2 Å². The van der Waals surface area contributed by atoms with Gasteiger partial charge in [-0.05, 0) is 56.0 Å². The van der Waals surface area contributed by atoms with E-state index in [1.165, 1.54) is 22.9 Å². The zero-order valence-corrected chi connectivity index (χ0v) is 19.0. The second-order valence-electron chi connectivity index (χ2n) is 7.94. The molecule has 2 aromatic rings. The normalized spacial score (nSPS) is 13.1. The first-order valence-corrected chi connectivity index (χ1v) is 11.3. The molecule has 1 unspecified atom stereocenters. The molecule has 0 saturated heterocycles. The molecule has 0 aromatic heterocycles. The molecule has 3 N–H and O–H groups in total. The molecule has 0 radical (unpaired) electrons. The molecule has 2 rings (SSSR count). The Labute approximate surface area is 184 Å². The molecule has 6 heteroatoms. The number of benzene rings is 2. The maximum atomic E-state index is 11.8. The average Bonchev–Trinajstić information content (AvgIpc) is 2.69. The summed E-state index contributed by atoms with van der Waals surface area (Å²) in [6, 6.07) is 18.0. The van der Waals surface area contributed by atoms with E-state index in [2.05, 4.69) is 60.7 Å². The number of hydrogen-bond donors (Lipinski definition) is 2. The first-order valence-electron chi connectivity index (χ1n) is 10.3. The minimum Gasteiger partial charge on any atom is -0.352 e. The summed E-state index contributed by atoms with van der Waals surface area (Å²) in [5.74, 6) is 0.717. The molecule has 2 aromatic carbocycles. The van der Waals surface area contributed by atoms with Gasteiger partial charge in [0, 0.05) is 25.3 Å². The van der Waals surface area contributed by atoms with Crippen molar-refractivity contribution in [2.24, 2.45) is 11.7 Å². The second-order valence-corrected chi connectivity index (χ2v) is 9.14. The maximum absolute atomic E-state index is 11.8. The quantitative estimate of drug-likeness (QED) is 0.575. The van der Waals surface area contributed by atoms with E-state index < -0.39 is 6.03 Å². The number of amides is 2. The number of rotatable bonds is 11. The van der Waals surface area contributed by atoms with Gasteiger partial charge in [0.15, 0.2) is 5.12 Å². The van der Waals surface area contributed by atoms with Gasteiger partial charge in [0.25, 0.3) is 0 Å². The van der Waals surface area contributed by atoms with Crippen molar-refractivity contribution in [3.8, 4) is 0 Å². The highest BCUT2D eigenvalue weighted by molar-refractivity contribution is 8.13. The largest absolute Gasteiger partial charge is 0.352 e. The number of likely N-dealkylation sites (N-methyl/N-ethyl adjacent to an activating group) is 1. The van der Waals surface area contributed by atoms with Crippen molar-refractivity contribution in [1.29, 1.82) is 0 Å². The molecule has 5 nitrogen and oxygen atoms in total. The van der Waals surface area contributed by atoms with Gasteiger partial charge in [-0.2, -0.15) is 0 Å².